The van der Waals surface area contributed by atoms with Crippen LogP contribution in [0, 0.1) is 17.2 Å². The number of carbonyl (C=O) groups is 2. The molecule has 1 atom stereocenters. The molecule has 0 radical (unpaired) electrons. The minimum absolute atomic E-state index is 0.0453. The van der Waals surface area contributed by atoms with Gasteiger partial charge in [-0.25, -0.2) is 0 Å². The molecule has 0 fully saturated rings. The van der Waals surface area contributed by atoms with E-state index in [1.165, 1.54) is 11.3 Å². The maximum atomic E-state index is 11.9. The fraction of sp³-hybridized carbons (Fsp3) is 0.533. The van der Waals surface area contributed by atoms with E-state index >= 15 is 0 Å². The normalized spacial score (nSPS) is 16.5. The van der Waals surface area contributed by atoms with Gasteiger partial charge in [0.05, 0.1) is 5.56 Å². The minimum atomic E-state index is -0.777. The molecular formula is C15H19N3O3S. The van der Waals surface area contributed by atoms with Crippen molar-refractivity contribution in [1.29, 1.82) is 5.26 Å². The summed E-state index contributed by atoms with van der Waals surface area (Å²) in [5.74, 6) is -0.957. The van der Waals surface area contributed by atoms with Gasteiger partial charge in [-0.1, -0.05) is 6.92 Å². The number of hydrogen-bond acceptors (Lipinski definition) is 5. The molecule has 0 saturated carbocycles. The topological polar surface area (TPSA) is 102 Å². The average Bonchev–Trinajstić information content (AvgIpc) is 2.83. The molecule has 1 aromatic rings. The molecule has 3 N–H and O–H groups in total. The van der Waals surface area contributed by atoms with Gasteiger partial charge in [-0.05, 0) is 37.2 Å². The Morgan fingerprint density at radius 3 is 2.91 bits per heavy atom. The van der Waals surface area contributed by atoms with Crippen LogP contribution in [0.5, 0.6) is 0 Å². The lowest BCUT2D eigenvalue weighted by molar-refractivity contribution is -0.136. The predicted octanol–water partition coefficient (Wildman–Crippen LogP) is 1.18. The Kier molecular flexibility index (Phi) is 5.52. The number of nitrogens with zero attached hydrogens (tertiary/aromatic N) is 1. The molecule has 1 aromatic heterocycles. The molecular weight excluding hydrogens is 302 g/mol. The molecule has 1 aliphatic rings. The monoisotopic (exact) mass is 321 g/mol. The molecule has 7 heteroatoms. The van der Waals surface area contributed by atoms with Crippen LogP contribution in [0.15, 0.2) is 0 Å². The van der Waals surface area contributed by atoms with Gasteiger partial charge in [0.2, 0.25) is 0 Å². The van der Waals surface area contributed by atoms with Crippen molar-refractivity contribution in [3.05, 3.63) is 16.0 Å². The van der Waals surface area contributed by atoms with E-state index in [0.717, 1.165) is 29.7 Å². The number of aliphatic hydroxyl groups is 1. The highest BCUT2D eigenvalue weighted by atomic mass is 32.1. The fourth-order valence-corrected chi connectivity index (χ4v) is 3.83. The Labute approximate surface area is 133 Å². The van der Waals surface area contributed by atoms with E-state index in [2.05, 4.69) is 23.6 Å². The molecule has 1 aliphatic carbocycles. The van der Waals surface area contributed by atoms with E-state index in [0.29, 0.717) is 22.9 Å². The van der Waals surface area contributed by atoms with Crippen LogP contribution in [-0.2, 0) is 22.4 Å². The second-order valence-corrected chi connectivity index (χ2v) is 6.56. The third-order valence-corrected chi connectivity index (χ3v) is 4.85. The van der Waals surface area contributed by atoms with Crippen LogP contribution in [0.1, 0.15) is 35.8 Å². The van der Waals surface area contributed by atoms with Crippen LogP contribution >= 0.6 is 11.3 Å². The van der Waals surface area contributed by atoms with Crippen LogP contribution in [0.3, 0.4) is 0 Å². The predicted molar refractivity (Wildman–Crippen MR) is 83.6 cm³/mol. The van der Waals surface area contributed by atoms with Crippen LogP contribution in [0.4, 0.5) is 5.00 Å². The molecule has 2 rings (SSSR count). The van der Waals surface area contributed by atoms with Gasteiger partial charge in [0.15, 0.2) is 0 Å². The summed E-state index contributed by atoms with van der Waals surface area (Å²) in [7, 11) is 0. The van der Waals surface area contributed by atoms with E-state index in [-0.39, 0.29) is 13.2 Å². The van der Waals surface area contributed by atoms with Gasteiger partial charge in [-0.15, -0.1) is 11.3 Å². The van der Waals surface area contributed by atoms with E-state index in [1.54, 1.807) is 0 Å². The number of fused-ring (bicyclic) bond motifs is 1. The van der Waals surface area contributed by atoms with Crippen molar-refractivity contribution in [2.24, 2.45) is 5.92 Å². The van der Waals surface area contributed by atoms with Crippen molar-refractivity contribution in [3.63, 3.8) is 0 Å². The van der Waals surface area contributed by atoms with Gasteiger partial charge in [0.1, 0.15) is 11.1 Å². The third-order valence-electron chi connectivity index (χ3n) is 3.68. The van der Waals surface area contributed by atoms with Gasteiger partial charge < -0.3 is 15.7 Å². The number of nitriles is 1. The van der Waals surface area contributed by atoms with Crippen molar-refractivity contribution in [2.75, 3.05) is 18.5 Å². The van der Waals surface area contributed by atoms with Crippen LogP contribution in [0.25, 0.3) is 0 Å². The van der Waals surface area contributed by atoms with Crippen molar-refractivity contribution in [1.82, 2.24) is 5.32 Å². The van der Waals surface area contributed by atoms with E-state index in [1.807, 2.05) is 0 Å². The van der Waals surface area contributed by atoms with Gasteiger partial charge in [0, 0.05) is 18.0 Å². The van der Waals surface area contributed by atoms with Crippen LogP contribution < -0.4 is 10.6 Å². The zero-order valence-electron chi connectivity index (χ0n) is 12.4. The van der Waals surface area contributed by atoms with Gasteiger partial charge in [0.25, 0.3) is 0 Å². The highest BCUT2D eigenvalue weighted by Crippen LogP contribution is 2.39. The lowest BCUT2D eigenvalue weighted by atomic mass is 9.89. The Bertz CT molecular complexity index is 618. The summed E-state index contributed by atoms with van der Waals surface area (Å²) in [4.78, 5) is 24.6. The summed E-state index contributed by atoms with van der Waals surface area (Å²) in [5, 5.41) is 23.4. The molecule has 118 valence electrons. The molecule has 1 heterocycles. The quantitative estimate of drug-likeness (QED) is 0.572. The molecule has 6 nitrogen and oxygen atoms in total. The number of amides is 2. The van der Waals surface area contributed by atoms with Crippen molar-refractivity contribution in [3.8, 4) is 6.07 Å². The number of carbonyl (C=O) groups excluding carboxylic acids is 2. The maximum absolute atomic E-state index is 11.9. The summed E-state index contributed by atoms with van der Waals surface area (Å²) in [6.07, 6.45) is 3.18. The van der Waals surface area contributed by atoms with Gasteiger partial charge >= 0.3 is 11.8 Å². The van der Waals surface area contributed by atoms with Crippen LogP contribution in [-0.4, -0.2) is 30.1 Å². The first-order valence-corrected chi connectivity index (χ1v) is 8.13. The van der Waals surface area contributed by atoms with Gasteiger partial charge in [-0.3, -0.25) is 9.59 Å². The van der Waals surface area contributed by atoms with Crippen molar-refractivity contribution in [2.45, 2.75) is 32.6 Å². The van der Waals surface area contributed by atoms with E-state index < -0.39 is 11.8 Å². The Morgan fingerprint density at radius 2 is 2.23 bits per heavy atom. The van der Waals surface area contributed by atoms with E-state index in [9.17, 15) is 14.9 Å². The summed E-state index contributed by atoms with van der Waals surface area (Å²) >= 11 is 1.39. The lowest BCUT2D eigenvalue weighted by Gasteiger charge is -2.17. The molecule has 22 heavy (non-hydrogen) atoms. The van der Waals surface area contributed by atoms with Crippen molar-refractivity contribution >= 4 is 28.2 Å². The smallest absolute Gasteiger partial charge is 0.314 e. The fourth-order valence-electron chi connectivity index (χ4n) is 2.48. The summed E-state index contributed by atoms with van der Waals surface area (Å²) in [6, 6.07) is 2.15. The second-order valence-electron chi connectivity index (χ2n) is 5.45. The molecule has 0 aliphatic heterocycles. The average molecular weight is 321 g/mol. The Balaban J connectivity index is 2.08. The highest BCUT2D eigenvalue weighted by Gasteiger charge is 2.25. The van der Waals surface area contributed by atoms with E-state index in [4.69, 9.17) is 5.11 Å². The number of aliphatic hydroxyl groups excluding tert-OH is 1. The largest absolute Gasteiger partial charge is 0.396 e. The van der Waals surface area contributed by atoms with Gasteiger partial charge in [-0.2, -0.15) is 5.26 Å². The first kappa shape index (κ1) is 16.5. The number of rotatable bonds is 4. The zero-order valence-corrected chi connectivity index (χ0v) is 13.3. The molecule has 2 amide bonds. The number of nitrogens with one attached hydrogen (secondary N) is 2. The standard InChI is InChI=1S/C15H19N3O3S/c1-9-3-4-10-11(8-16)15(22-12(10)7-9)18-14(21)13(20)17-5-2-6-19/h9,19H,2-7H2,1H3,(H,17,20)(H,18,21)/t9-/m1/s1. The van der Waals surface area contributed by atoms with Crippen LogP contribution in [0.2, 0.25) is 0 Å². The number of thiophene rings is 1. The zero-order chi connectivity index (χ0) is 16.1. The Hall–Kier alpha value is -1.91. The summed E-state index contributed by atoms with van der Waals surface area (Å²) in [5.41, 5.74) is 1.50. The SMILES string of the molecule is C[C@@H]1CCc2c(sc(NC(=O)C(=O)NCCCO)c2C#N)C1. The minimum Gasteiger partial charge on any atom is -0.396 e. The lowest BCUT2D eigenvalue weighted by Crippen LogP contribution is -2.36. The highest BCUT2D eigenvalue weighted by molar-refractivity contribution is 7.16. The molecule has 0 bridgehead atoms. The second kappa shape index (κ2) is 7.38. The molecule has 0 aromatic carbocycles. The number of hydrogen-bond donors (Lipinski definition) is 3. The van der Waals surface area contributed by atoms with Crippen molar-refractivity contribution < 1.29 is 14.7 Å². The summed E-state index contributed by atoms with van der Waals surface area (Å²) < 4.78 is 0. The third kappa shape index (κ3) is 3.64. The maximum Gasteiger partial charge on any atom is 0.314 e. The Morgan fingerprint density at radius 1 is 1.45 bits per heavy atom. The first-order chi connectivity index (χ1) is 10.6. The molecule has 0 unspecified atom stereocenters. The summed E-state index contributed by atoms with van der Waals surface area (Å²) in [6.45, 7) is 2.37. The molecule has 0 spiro atoms. The molecule has 0 saturated heterocycles. The first-order valence-electron chi connectivity index (χ1n) is 7.31. The number of anilines is 1.